The number of amides is 1. The highest BCUT2D eigenvalue weighted by Crippen LogP contribution is 2.15. The van der Waals surface area contributed by atoms with E-state index in [0.29, 0.717) is 18.7 Å². The van der Waals surface area contributed by atoms with Gasteiger partial charge in [-0.25, -0.2) is 4.39 Å². The highest BCUT2D eigenvalue weighted by molar-refractivity contribution is 9.09. The van der Waals surface area contributed by atoms with Crippen molar-refractivity contribution in [2.24, 2.45) is 0 Å². The molecule has 0 saturated carbocycles. The normalized spacial score (nSPS) is 12.2. The Bertz CT molecular complexity index is 403. The predicted octanol–water partition coefficient (Wildman–Crippen LogP) is 2.62. The Hall–Kier alpha value is -0.650. The Morgan fingerprint density at radius 2 is 2.35 bits per heavy atom. The number of halogens is 3. The molecular weight excluding hydrogens is 312 g/mol. The van der Waals surface area contributed by atoms with Crippen molar-refractivity contribution in [1.82, 2.24) is 5.32 Å². The fourth-order valence-electron chi connectivity index (χ4n) is 1.18. The second-order valence-electron chi connectivity index (χ2n) is 3.39. The Labute approximate surface area is 112 Å². The summed E-state index contributed by atoms with van der Waals surface area (Å²) in [5, 5.41) is 2.62. The summed E-state index contributed by atoms with van der Waals surface area (Å²) in [7, 11) is 1.58. The first kappa shape index (κ1) is 14.4. The lowest BCUT2D eigenvalue weighted by atomic mass is 10.2. The molecule has 0 heterocycles. The van der Waals surface area contributed by atoms with Crippen molar-refractivity contribution in [2.45, 2.75) is 4.83 Å². The summed E-state index contributed by atoms with van der Waals surface area (Å²) in [6, 6.07) is 3.85. The first-order valence-electron chi connectivity index (χ1n) is 4.91. The van der Waals surface area contributed by atoms with E-state index in [-0.39, 0.29) is 15.8 Å². The molecule has 0 spiro atoms. The van der Waals surface area contributed by atoms with Crippen molar-refractivity contribution in [1.29, 1.82) is 0 Å². The van der Waals surface area contributed by atoms with Gasteiger partial charge in [0.2, 0.25) is 0 Å². The van der Waals surface area contributed by atoms with Crippen LogP contribution in [0.25, 0.3) is 0 Å². The first-order valence-corrected chi connectivity index (χ1v) is 6.20. The lowest BCUT2D eigenvalue weighted by Crippen LogP contribution is -2.31. The molecule has 0 fully saturated rings. The van der Waals surface area contributed by atoms with Crippen molar-refractivity contribution < 1.29 is 13.9 Å². The van der Waals surface area contributed by atoms with E-state index in [1.807, 2.05) is 0 Å². The maximum atomic E-state index is 12.9. The van der Waals surface area contributed by atoms with E-state index < -0.39 is 5.82 Å². The molecule has 0 aliphatic heterocycles. The molecule has 0 aromatic heterocycles. The number of benzene rings is 1. The van der Waals surface area contributed by atoms with Crippen LogP contribution >= 0.6 is 27.5 Å². The van der Waals surface area contributed by atoms with Crippen LogP contribution in [0.2, 0.25) is 5.02 Å². The van der Waals surface area contributed by atoms with Gasteiger partial charge in [-0.15, -0.1) is 0 Å². The Kier molecular flexibility index (Phi) is 5.88. The van der Waals surface area contributed by atoms with Gasteiger partial charge < -0.3 is 10.1 Å². The second kappa shape index (κ2) is 6.93. The number of alkyl halides is 1. The van der Waals surface area contributed by atoms with Gasteiger partial charge in [0, 0.05) is 19.2 Å². The van der Waals surface area contributed by atoms with Crippen LogP contribution < -0.4 is 5.32 Å². The fourth-order valence-corrected chi connectivity index (χ4v) is 1.79. The minimum absolute atomic E-state index is 0.0346. The Balaban J connectivity index is 2.55. The first-order chi connectivity index (χ1) is 8.04. The summed E-state index contributed by atoms with van der Waals surface area (Å²) in [6.45, 7) is 0.909. The van der Waals surface area contributed by atoms with E-state index in [2.05, 4.69) is 21.2 Å². The number of nitrogens with one attached hydrogen (secondary N) is 1. The molecule has 1 amide bonds. The molecule has 1 N–H and O–H groups in total. The van der Waals surface area contributed by atoms with Gasteiger partial charge >= 0.3 is 0 Å². The molecule has 1 rings (SSSR count). The molecule has 1 aromatic carbocycles. The molecule has 0 aliphatic rings. The van der Waals surface area contributed by atoms with Crippen LogP contribution in [0.5, 0.6) is 0 Å². The molecule has 3 nitrogen and oxygen atoms in total. The predicted molar refractivity (Wildman–Crippen MR) is 68.3 cm³/mol. The van der Waals surface area contributed by atoms with Crippen molar-refractivity contribution >= 4 is 33.4 Å². The van der Waals surface area contributed by atoms with Gasteiger partial charge in [0.1, 0.15) is 5.82 Å². The molecule has 1 atom stereocenters. The van der Waals surface area contributed by atoms with Gasteiger partial charge in [-0.2, -0.15) is 0 Å². The number of carbonyl (C=O) groups is 1. The number of ether oxygens (including phenoxy) is 1. The van der Waals surface area contributed by atoms with E-state index in [0.717, 1.165) is 6.07 Å². The molecule has 0 radical (unpaired) electrons. The molecule has 1 aromatic rings. The van der Waals surface area contributed by atoms with E-state index in [1.165, 1.54) is 12.1 Å². The summed E-state index contributed by atoms with van der Waals surface area (Å²) in [4.78, 5) is 11.7. The lowest BCUT2D eigenvalue weighted by molar-refractivity contribution is 0.0950. The van der Waals surface area contributed by atoms with E-state index in [9.17, 15) is 9.18 Å². The van der Waals surface area contributed by atoms with Crippen molar-refractivity contribution in [3.63, 3.8) is 0 Å². The average Bonchev–Trinajstić information content (AvgIpc) is 2.30. The topological polar surface area (TPSA) is 38.3 Å². The third-order valence-electron chi connectivity index (χ3n) is 2.01. The SMILES string of the molecule is COCC(Br)CNC(=O)c1ccc(F)c(Cl)c1. The van der Waals surface area contributed by atoms with Crippen LogP contribution in [-0.4, -0.2) is 31.0 Å². The fraction of sp³-hybridized carbons (Fsp3) is 0.364. The van der Waals surface area contributed by atoms with Crippen molar-refractivity contribution in [3.05, 3.63) is 34.6 Å². The molecule has 0 saturated heterocycles. The minimum atomic E-state index is -0.541. The quantitative estimate of drug-likeness (QED) is 0.846. The van der Waals surface area contributed by atoms with Gasteiger partial charge in [0.25, 0.3) is 5.91 Å². The van der Waals surface area contributed by atoms with Crippen LogP contribution in [0.3, 0.4) is 0 Å². The monoisotopic (exact) mass is 323 g/mol. The van der Waals surface area contributed by atoms with Crippen LogP contribution in [0.4, 0.5) is 4.39 Å². The number of hydrogen-bond acceptors (Lipinski definition) is 2. The van der Waals surface area contributed by atoms with Crippen LogP contribution in [0, 0.1) is 5.82 Å². The largest absolute Gasteiger partial charge is 0.383 e. The molecule has 17 heavy (non-hydrogen) atoms. The molecule has 0 aliphatic carbocycles. The Morgan fingerprint density at radius 1 is 1.65 bits per heavy atom. The zero-order valence-corrected chi connectivity index (χ0v) is 11.5. The van der Waals surface area contributed by atoms with Gasteiger partial charge in [-0.1, -0.05) is 27.5 Å². The summed E-state index contributed by atoms with van der Waals surface area (Å²) in [6.07, 6.45) is 0. The highest BCUT2D eigenvalue weighted by atomic mass is 79.9. The number of hydrogen-bond donors (Lipinski definition) is 1. The van der Waals surface area contributed by atoms with E-state index >= 15 is 0 Å². The van der Waals surface area contributed by atoms with Gasteiger partial charge in [-0.3, -0.25) is 4.79 Å². The van der Waals surface area contributed by atoms with Crippen molar-refractivity contribution in [3.8, 4) is 0 Å². The molecular formula is C11H12BrClFNO2. The summed E-state index contributed by atoms with van der Waals surface area (Å²) >= 11 is 8.93. The minimum Gasteiger partial charge on any atom is -0.383 e. The van der Waals surface area contributed by atoms with Gasteiger partial charge in [0.05, 0.1) is 16.5 Å². The molecule has 1 unspecified atom stereocenters. The summed E-state index contributed by atoms with van der Waals surface area (Å²) in [5.41, 5.74) is 0.327. The van der Waals surface area contributed by atoms with Gasteiger partial charge in [0.15, 0.2) is 0 Å². The Morgan fingerprint density at radius 3 is 2.94 bits per heavy atom. The number of carbonyl (C=O) groups excluding carboxylic acids is 1. The van der Waals surface area contributed by atoms with Crippen LogP contribution in [-0.2, 0) is 4.74 Å². The molecule has 0 bridgehead atoms. The lowest BCUT2D eigenvalue weighted by Gasteiger charge is -2.10. The van der Waals surface area contributed by atoms with E-state index in [4.69, 9.17) is 16.3 Å². The maximum Gasteiger partial charge on any atom is 0.251 e. The summed E-state index contributed by atoms with van der Waals surface area (Å²) < 4.78 is 17.8. The van der Waals surface area contributed by atoms with Crippen molar-refractivity contribution in [2.75, 3.05) is 20.3 Å². The zero-order chi connectivity index (χ0) is 12.8. The number of rotatable bonds is 5. The second-order valence-corrected chi connectivity index (χ2v) is 5.09. The van der Waals surface area contributed by atoms with Crippen LogP contribution in [0.1, 0.15) is 10.4 Å². The molecule has 6 heteroatoms. The number of methoxy groups -OCH3 is 1. The van der Waals surface area contributed by atoms with E-state index in [1.54, 1.807) is 7.11 Å². The third kappa shape index (κ3) is 4.61. The van der Waals surface area contributed by atoms with Crippen LogP contribution in [0.15, 0.2) is 18.2 Å². The standard InChI is InChI=1S/C11H12BrClFNO2/c1-17-6-8(12)5-15-11(16)7-2-3-10(14)9(13)4-7/h2-4,8H,5-6H2,1H3,(H,15,16). The molecule has 94 valence electrons. The third-order valence-corrected chi connectivity index (χ3v) is 2.89. The smallest absolute Gasteiger partial charge is 0.251 e. The summed E-state index contributed by atoms with van der Waals surface area (Å²) in [5.74, 6) is -0.839. The maximum absolute atomic E-state index is 12.9. The van der Waals surface area contributed by atoms with Gasteiger partial charge in [-0.05, 0) is 18.2 Å². The highest BCUT2D eigenvalue weighted by Gasteiger charge is 2.10. The average molecular weight is 325 g/mol. The zero-order valence-electron chi connectivity index (χ0n) is 9.17.